The van der Waals surface area contributed by atoms with E-state index in [2.05, 4.69) is 17.3 Å². The van der Waals surface area contributed by atoms with E-state index in [-0.39, 0.29) is 0 Å². The summed E-state index contributed by atoms with van der Waals surface area (Å²) in [5, 5.41) is 3.62. The Balaban J connectivity index is 2.45. The number of nitrogens with one attached hydrogen (secondary N) is 1. The van der Waals surface area contributed by atoms with Gasteiger partial charge in [0.25, 0.3) is 0 Å². The lowest BCUT2D eigenvalue weighted by Gasteiger charge is -2.37. The van der Waals surface area contributed by atoms with Gasteiger partial charge in [0.15, 0.2) is 0 Å². The van der Waals surface area contributed by atoms with Crippen LogP contribution in [0.4, 0.5) is 0 Å². The van der Waals surface area contributed by atoms with Crippen LogP contribution < -0.4 is 5.32 Å². The molecule has 0 saturated heterocycles. The number of methoxy groups -OCH3 is 2. The molecule has 0 heterocycles. The highest BCUT2D eigenvalue weighted by atomic mass is 16.5. The zero-order valence-corrected chi connectivity index (χ0v) is 14.5. The zero-order chi connectivity index (χ0) is 15.4. The van der Waals surface area contributed by atoms with Gasteiger partial charge in [-0.3, -0.25) is 0 Å². The van der Waals surface area contributed by atoms with Crippen molar-refractivity contribution in [2.24, 2.45) is 5.41 Å². The normalized spacial score (nSPS) is 18.9. The van der Waals surface area contributed by atoms with E-state index in [9.17, 15) is 0 Å². The van der Waals surface area contributed by atoms with Gasteiger partial charge in [-0.05, 0) is 31.7 Å². The van der Waals surface area contributed by atoms with Gasteiger partial charge >= 0.3 is 0 Å². The van der Waals surface area contributed by atoms with Crippen molar-refractivity contribution in [1.29, 1.82) is 0 Å². The zero-order valence-electron chi connectivity index (χ0n) is 14.5. The summed E-state index contributed by atoms with van der Waals surface area (Å²) in [7, 11) is 5.82. The summed E-state index contributed by atoms with van der Waals surface area (Å²) < 4.78 is 10.3. The van der Waals surface area contributed by atoms with Gasteiger partial charge in [0.1, 0.15) is 0 Å². The second-order valence-corrected chi connectivity index (χ2v) is 6.67. The smallest absolute Gasteiger partial charge is 0.0587 e. The molecule has 1 aliphatic rings. The van der Waals surface area contributed by atoms with E-state index in [4.69, 9.17) is 9.47 Å². The van der Waals surface area contributed by atoms with Crippen LogP contribution in [0.1, 0.15) is 44.9 Å². The molecule has 1 rings (SSSR count). The molecule has 0 radical (unpaired) electrons. The van der Waals surface area contributed by atoms with Gasteiger partial charge < -0.3 is 19.7 Å². The van der Waals surface area contributed by atoms with Crippen molar-refractivity contribution in [2.75, 3.05) is 60.7 Å². The second-order valence-electron chi connectivity index (χ2n) is 6.67. The van der Waals surface area contributed by atoms with Crippen LogP contribution in [0.15, 0.2) is 0 Å². The summed E-state index contributed by atoms with van der Waals surface area (Å²) in [6, 6.07) is 0. The molecule has 0 aromatic heterocycles. The van der Waals surface area contributed by atoms with Gasteiger partial charge in [-0.15, -0.1) is 0 Å². The Hall–Kier alpha value is -0.160. The van der Waals surface area contributed by atoms with Gasteiger partial charge in [0.05, 0.1) is 6.61 Å². The highest BCUT2D eigenvalue weighted by Crippen LogP contribution is 2.35. The standard InChI is InChI=1S/C17H36N2O2/c1-19(12-8-13-20-2)16-17(15-18-11-14-21-3)9-6-4-5-7-10-17/h18H,4-16H2,1-3H3. The SMILES string of the molecule is COCCCN(C)CC1(CNCCOC)CCCCCC1. The first-order valence-corrected chi connectivity index (χ1v) is 8.59. The molecular formula is C17H36N2O2. The summed E-state index contributed by atoms with van der Waals surface area (Å²) in [6.07, 6.45) is 9.44. The van der Waals surface area contributed by atoms with E-state index in [1.165, 1.54) is 45.1 Å². The van der Waals surface area contributed by atoms with Gasteiger partial charge in [-0.25, -0.2) is 0 Å². The number of hydrogen-bond acceptors (Lipinski definition) is 4. The summed E-state index contributed by atoms with van der Waals surface area (Å²) in [6.45, 7) is 6.10. The van der Waals surface area contributed by atoms with Gasteiger partial charge in [0.2, 0.25) is 0 Å². The van der Waals surface area contributed by atoms with Crippen LogP contribution in [-0.2, 0) is 9.47 Å². The fraction of sp³-hybridized carbons (Fsp3) is 1.00. The van der Waals surface area contributed by atoms with Crippen LogP contribution in [0, 0.1) is 5.41 Å². The van der Waals surface area contributed by atoms with Crippen molar-refractivity contribution in [1.82, 2.24) is 10.2 Å². The maximum absolute atomic E-state index is 5.17. The predicted octanol–water partition coefficient (Wildman–Crippen LogP) is 2.53. The highest BCUT2D eigenvalue weighted by Gasteiger charge is 2.31. The molecular weight excluding hydrogens is 264 g/mol. The minimum Gasteiger partial charge on any atom is -0.385 e. The van der Waals surface area contributed by atoms with Crippen molar-refractivity contribution < 1.29 is 9.47 Å². The molecule has 1 fully saturated rings. The molecule has 0 aromatic rings. The molecule has 1 saturated carbocycles. The molecule has 0 atom stereocenters. The maximum atomic E-state index is 5.17. The quantitative estimate of drug-likeness (QED) is 0.470. The molecule has 0 aliphatic heterocycles. The summed E-state index contributed by atoms with van der Waals surface area (Å²) in [5.41, 5.74) is 0.450. The minimum atomic E-state index is 0.450. The molecule has 126 valence electrons. The molecule has 0 aromatic carbocycles. The lowest BCUT2D eigenvalue weighted by atomic mass is 9.79. The van der Waals surface area contributed by atoms with Crippen LogP contribution in [0.3, 0.4) is 0 Å². The third-order valence-corrected chi connectivity index (χ3v) is 4.64. The van der Waals surface area contributed by atoms with Crippen LogP contribution in [0.2, 0.25) is 0 Å². The van der Waals surface area contributed by atoms with Crippen molar-refractivity contribution in [3.8, 4) is 0 Å². The largest absolute Gasteiger partial charge is 0.385 e. The first-order chi connectivity index (χ1) is 10.2. The maximum Gasteiger partial charge on any atom is 0.0587 e. The number of nitrogens with zero attached hydrogens (tertiary/aromatic N) is 1. The Bertz CT molecular complexity index is 241. The van der Waals surface area contributed by atoms with Crippen molar-refractivity contribution >= 4 is 0 Å². The van der Waals surface area contributed by atoms with Gasteiger partial charge in [-0.1, -0.05) is 25.7 Å². The molecule has 0 spiro atoms. The van der Waals surface area contributed by atoms with Crippen LogP contribution >= 0.6 is 0 Å². The average molecular weight is 300 g/mol. The summed E-state index contributed by atoms with van der Waals surface area (Å²) in [5.74, 6) is 0. The van der Waals surface area contributed by atoms with E-state index in [0.717, 1.165) is 39.3 Å². The average Bonchev–Trinajstić information content (AvgIpc) is 2.70. The van der Waals surface area contributed by atoms with Crippen molar-refractivity contribution in [2.45, 2.75) is 44.9 Å². The second kappa shape index (κ2) is 11.4. The van der Waals surface area contributed by atoms with Crippen LogP contribution in [0.25, 0.3) is 0 Å². The minimum absolute atomic E-state index is 0.450. The molecule has 4 nitrogen and oxygen atoms in total. The predicted molar refractivity (Wildman–Crippen MR) is 88.9 cm³/mol. The van der Waals surface area contributed by atoms with E-state index >= 15 is 0 Å². The fourth-order valence-corrected chi connectivity index (χ4v) is 3.53. The fourth-order valence-electron chi connectivity index (χ4n) is 3.53. The van der Waals surface area contributed by atoms with Gasteiger partial charge in [0, 0.05) is 47.0 Å². The number of ether oxygens (including phenoxy) is 2. The Kier molecular flexibility index (Phi) is 10.3. The van der Waals surface area contributed by atoms with E-state index in [1.54, 1.807) is 14.2 Å². The lowest BCUT2D eigenvalue weighted by molar-refractivity contribution is 0.125. The molecule has 1 aliphatic carbocycles. The Labute approximate surface area is 131 Å². The number of rotatable bonds is 11. The number of hydrogen-bond donors (Lipinski definition) is 1. The highest BCUT2D eigenvalue weighted by molar-refractivity contribution is 4.86. The molecule has 1 N–H and O–H groups in total. The summed E-state index contributed by atoms with van der Waals surface area (Å²) in [4.78, 5) is 2.50. The van der Waals surface area contributed by atoms with Crippen molar-refractivity contribution in [3.63, 3.8) is 0 Å². The van der Waals surface area contributed by atoms with Crippen molar-refractivity contribution in [3.05, 3.63) is 0 Å². The van der Waals surface area contributed by atoms with E-state index in [1.807, 2.05) is 0 Å². The lowest BCUT2D eigenvalue weighted by Crippen LogP contribution is -2.44. The molecule has 0 unspecified atom stereocenters. The first kappa shape index (κ1) is 18.9. The summed E-state index contributed by atoms with van der Waals surface area (Å²) >= 11 is 0. The topological polar surface area (TPSA) is 33.7 Å². The molecule has 0 bridgehead atoms. The molecule has 21 heavy (non-hydrogen) atoms. The third-order valence-electron chi connectivity index (χ3n) is 4.64. The first-order valence-electron chi connectivity index (χ1n) is 8.59. The van der Waals surface area contributed by atoms with Crippen LogP contribution in [0.5, 0.6) is 0 Å². The monoisotopic (exact) mass is 300 g/mol. The molecule has 0 amide bonds. The molecule has 4 heteroatoms. The van der Waals surface area contributed by atoms with Crippen LogP contribution in [-0.4, -0.2) is 65.6 Å². The Morgan fingerprint density at radius 1 is 1.00 bits per heavy atom. The third kappa shape index (κ3) is 8.15. The Morgan fingerprint density at radius 2 is 1.67 bits per heavy atom. The Morgan fingerprint density at radius 3 is 2.29 bits per heavy atom. The van der Waals surface area contributed by atoms with Gasteiger partial charge in [-0.2, -0.15) is 0 Å². The van der Waals surface area contributed by atoms with E-state index in [0.29, 0.717) is 5.41 Å². The van der Waals surface area contributed by atoms with E-state index < -0.39 is 0 Å².